The van der Waals surface area contributed by atoms with Crippen molar-refractivity contribution < 1.29 is 24.9 Å². The molecule has 2 aromatic heterocycles. The summed E-state index contributed by atoms with van der Waals surface area (Å²) in [6.45, 7) is 0. The van der Waals surface area contributed by atoms with Crippen LogP contribution in [0.5, 0.6) is 0 Å². The number of fused-ring (bicyclic) bond motifs is 1. The molecule has 9 nitrogen and oxygen atoms in total. The molecular weight excluding hydrogens is 412 g/mol. The van der Waals surface area contributed by atoms with Gasteiger partial charge in [0.05, 0.1) is 18.1 Å². The predicted octanol–water partition coefficient (Wildman–Crippen LogP) is 1.39. The second-order valence-electron chi connectivity index (χ2n) is 6.79. The lowest BCUT2D eigenvalue weighted by Crippen LogP contribution is -2.34. The molecular formula is C20H19ClN4O5. The van der Waals surface area contributed by atoms with Gasteiger partial charge >= 0.3 is 0 Å². The Morgan fingerprint density at radius 1 is 1.27 bits per heavy atom. The molecule has 0 amide bonds. The summed E-state index contributed by atoms with van der Waals surface area (Å²) in [5, 5.41) is 33.0. The molecule has 156 valence electrons. The van der Waals surface area contributed by atoms with Crippen molar-refractivity contribution in [1.29, 1.82) is 0 Å². The third-order valence-corrected chi connectivity index (χ3v) is 5.29. The van der Waals surface area contributed by atoms with E-state index in [0.717, 1.165) is 0 Å². The number of halogens is 1. The van der Waals surface area contributed by atoms with Gasteiger partial charge in [0.1, 0.15) is 36.4 Å². The van der Waals surface area contributed by atoms with Crippen LogP contribution in [-0.2, 0) is 9.57 Å². The summed E-state index contributed by atoms with van der Waals surface area (Å²) in [4.78, 5) is 13.3. The highest BCUT2D eigenvalue weighted by molar-refractivity contribution is 6.30. The SMILES string of the molecule is C#Cc1cn([C@@H]2O[C@H]([C@H](O)c3ccc(Cl)cc3)[C@@H](O)[C@H]2O)c2ncnc(NOC)c12. The Labute approximate surface area is 176 Å². The average molecular weight is 431 g/mol. The van der Waals surface area contributed by atoms with E-state index in [1.54, 1.807) is 30.5 Å². The molecule has 0 saturated carbocycles. The number of aromatic nitrogens is 3. The summed E-state index contributed by atoms with van der Waals surface area (Å²) < 4.78 is 7.39. The number of hydrogen-bond donors (Lipinski definition) is 4. The molecule has 1 aromatic carbocycles. The number of rotatable bonds is 5. The molecule has 1 aliphatic rings. The van der Waals surface area contributed by atoms with Crippen molar-refractivity contribution in [1.82, 2.24) is 14.5 Å². The Hall–Kier alpha value is -2.71. The van der Waals surface area contributed by atoms with Gasteiger partial charge in [-0.2, -0.15) is 0 Å². The molecule has 0 bridgehead atoms. The van der Waals surface area contributed by atoms with Crippen LogP contribution in [0.1, 0.15) is 23.5 Å². The number of terminal acetylenes is 1. The van der Waals surface area contributed by atoms with Gasteiger partial charge in [0.2, 0.25) is 0 Å². The fourth-order valence-corrected chi connectivity index (χ4v) is 3.71. The monoisotopic (exact) mass is 430 g/mol. The summed E-state index contributed by atoms with van der Waals surface area (Å²) in [6, 6.07) is 6.49. The van der Waals surface area contributed by atoms with E-state index in [4.69, 9.17) is 27.6 Å². The second-order valence-corrected chi connectivity index (χ2v) is 7.23. The van der Waals surface area contributed by atoms with Gasteiger partial charge in [0, 0.05) is 11.2 Å². The summed E-state index contributed by atoms with van der Waals surface area (Å²) in [5.74, 6) is 2.89. The first kappa shape index (κ1) is 20.6. The number of ether oxygens (including phenoxy) is 1. The molecule has 0 spiro atoms. The number of benzene rings is 1. The van der Waals surface area contributed by atoms with Gasteiger partial charge in [-0.25, -0.2) is 15.4 Å². The third kappa shape index (κ3) is 3.40. The predicted molar refractivity (Wildman–Crippen MR) is 108 cm³/mol. The van der Waals surface area contributed by atoms with Crippen molar-refractivity contribution in [2.45, 2.75) is 30.6 Å². The van der Waals surface area contributed by atoms with E-state index in [9.17, 15) is 15.3 Å². The Kier molecular flexibility index (Phi) is 5.62. The zero-order chi connectivity index (χ0) is 21.4. The molecule has 1 aliphatic heterocycles. The topological polar surface area (TPSA) is 122 Å². The molecule has 3 aromatic rings. The van der Waals surface area contributed by atoms with Crippen LogP contribution in [0.2, 0.25) is 5.02 Å². The normalized spacial score (nSPS) is 24.7. The zero-order valence-corrected chi connectivity index (χ0v) is 16.6. The van der Waals surface area contributed by atoms with Gasteiger partial charge in [0.25, 0.3) is 0 Å². The fraction of sp³-hybridized carbons (Fsp3) is 0.300. The molecule has 1 fully saturated rings. The van der Waals surface area contributed by atoms with Crippen molar-refractivity contribution in [3.8, 4) is 12.3 Å². The maximum atomic E-state index is 10.7. The quantitative estimate of drug-likeness (QED) is 0.354. The van der Waals surface area contributed by atoms with E-state index in [-0.39, 0.29) is 0 Å². The zero-order valence-electron chi connectivity index (χ0n) is 15.8. The summed E-state index contributed by atoms with van der Waals surface area (Å²) in [6.07, 6.45) is 2.49. The molecule has 10 heteroatoms. The van der Waals surface area contributed by atoms with Crippen LogP contribution >= 0.6 is 11.6 Å². The van der Waals surface area contributed by atoms with E-state index in [0.29, 0.717) is 33.0 Å². The lowest BCUT2D eigenvalue weighted by molar-refractivity contribution is -0.0848. The van der Waals surface area contributed by atoms with Crippen molar-refractivity contribution in [2.24, 2.45) is 0 Å². The molecule has 5 atom stereocenters. The van der Waals surface area contributed by atoms with E-state index in [1.807, 2.05) is 0 Å². The Morgan fingerprint density at radius 2 is 2.00 bits per heavy atom. The van der Waals surface area contributed by atoms with Crippen LogP contribution in [-0.4, -0.2) is 55.3 Å². The van der Waals surface area contributed by atoms with Crippen LogP contribution in [0.4, 0.5) is 5.82 Å². The van der Waals surface area contributed by atoms with Crippen molar-refractivity contribution in [2.75, 3.05) is 12.6 Å². The standard InChI is InChI=1S/C20H19ClN4O5/c1-3-10-8-25(19-13(10)18(24-29-2)22-9-23-19)20-16(28)15(27)17(30-20)14(26)11-4-6-12(21)7-5-11/h1,4-9,14-17,20,26-28H,2H3,(H,22,23,24)/t14-,15+,16-,17-,20-/m1/s1. The van der Waals surface area contributed by atoms with Gasteiger partial charge in [-0.1, -0.05) is 29.7 Å². The maximum absolute atomic E-state index is 10.7. The minimum absolute atomic E-state index is 0.347. The highest BCUT2D eigenvalue weighted by atomic mass is 35.5. The Morgan fingerprint density at radius 3 is 2.67 bits per heavy atom. The first-order chi connectivity index (χ1) is 14.5. The van der Waals surface area contributed by atoms with Gasteiger partial charge in [0.15, 0.2) is 12.0 Å². The maximum Gasteiger partial charge on any atom is 0.164 e. The Bertz CT molecular complexity index is 1100. The average Bonchev–Trinajstić information content (AvgIpc) is 3.27. The first-order valence-corrected chi connectivity index (χ1v) is 9.40. The molecule has 30 heavy (non-hydrogen) atoms. The van der Waals surface area contributed by atoms with Crippen LogP contribution in [0.15, 0.2) is 36.8 Å². The van der Waals surface area contributed by atoms with Gasteiger partial charge in [-0.15, -0.1) is 6.42 Å². The highest BCUT2D eigenvalue weighted by Crippen LogP contribution is 2.39. The molecule has 0 unspecified atom stereocenters. The summed E-state index contributed by atoms with van der Waals surface area (Å²) in [7, 11) is 1.43. The lowest BCUT2D eigenvalue weighted by atomic mass is 9.99. The van der Waals surface area contributed by atoms with Crippen LogP contribution in [0, 0.1) is 12.3 Å². The van der Waals surface area contributed by atoms with Crippen molar-refractivity contribution in [3.05, 3.63) is 52.9 Å². The molecule has 3 heterocycles. The highest BCUT2D eigenvalue weighted by Gasteiger charge is 2.47. The van der Waals surface area contributed by atoms with Crippen molar-refractivity contribution in [3.63, 3.8) is 0 Å². The van der Waals surface area contributed by atoms with Crippen LogP contribution in [0.25, 0.3) is 11.0 Å². The van der Waals surface area contributed by atoms with E-state index < -0.39 is 30.6 Å². The fourth-order valence-electron chi connectivity index (χ4n) is 3.59. The number of aliphatic hydroxyl groups is 3. The van der Waals surface area contributed by atoms with Crippen LogP contribution < -0.4 is 5.48 Å². The Balaban J connectivity index is 1.71. The molecule has 0 aliphatic carbocycles. The molecule has 4 N–H and O–H groups in total. The smallest absolute Gasteiger partial charge is 0.164 e. The van der Waals surface area contributed by atoms with E-state index >= 15 is 0 Å². The first-order valence-electron chi connectivity index (χ1n) is 9.02. The molecule has 4 rings (SSSR count). The number of nitrogens with zero attached hydrogens (tertiary/aromatic N) is 3. The van der Waals surface area contributed by atoms with Crippen LogP contribution in [0.3, 0.4) is 0 Å². The van der Waals surface area contributed by atoms with Gasteiger partial charge < -0.3 is 24.6 Å². The number of aliphatic hydroxyl groups excluding tert-OH is 3. The third-order valence-electron chi connectivity index (χ3n) is 5.04. The second kappa shape index (κ2) is 8.20. The minimum atomic E-state index is -1.36. The van der Waals surface area contributed by atoms with Gasteiger partial charge in [-0.3, -0.25) is 4.84 Å². The number of hydrogen-bond acceptors (Lipinski definition) is 8. The molecule has 1 saturated heterocycles. The van der Waals surface area contributed by atoms with Gasteiger partial charge in [-0.05, 0) is 17.7 Å². The number of anilines is 1. The van der Waals surface area contributed by atoms with Crippen molar-refractivity contribution >= 4 is 28.5 Å². The largest absolute Gasteiger partial charge is 0.387 e. The minimum Gasteiger partial charge on any atom is -0.387 e. The summed E-state index contributed by atoms with van der Waals surface area (Å²) >= 11 is 5.89. The lowest BCUT2D eigenvalue weighted by Gasteiger charge is -2.21. The van der Waals surface area contributed by atoms with E-state index in [2.05, 4.69) is 21.4 Å². The number of nitrogens with one attached hydrogen (secondary N) is 1. The van der Waals surface area contributed by atoms with E-state index in [1.165, 1.54) is 18.0 Å². The summed E-state index contributed by atoms with van der Waals surface area (Å²) in [5.41, 5.74) is 3.94. The molecule has 0 radical (unpaired) electrons.